The standard InChI is InChI=1S/C20H26ClN5O2/c1-15(2)12-22-18(27)14-24-8-10-25(11-9-24)17-13-23-26(20(28)19(17)21)16-6-4-3-5-7-16/h3-7,13,15H,8-12,14H2,1-2H3,(H,22,27). The van der Waals surface area contributed by atoms with Crippen LogP contribution in [-0.4, -0.2) is 59.9 Å². The van der Waals surface area contributed by atoms with Crippen molar-refractivity contribution < 1.29 is 4.79 Å². The molecule has 1 fully saturated rings. The van der Waals surface area contributed by atoms with E-state index < -0.39 is 0 Å². The molecule has 7 nitrogen and oxygen atoms in total. The summed E-state index contributed by atoms with van der Waals surface area (Å²) in [7, 11) is 0. The largest absolute Gasteiger partial charge is 0.366 e. The Balaban J connectivity index is 1.62. The van der Waals surface area contributed by atoms with E-state index in [1.807, 2.05) is 30.3 Å². The van der Waals surface area contributed by atoms with Crippen molar-refractivity contribution in [3.63, 3.8) is 0 Å². The van der Waals surface area contributed by atoms with Gasteiger partial charge in [0.25, 0.3) is 5.56 Å². The van der Waals surface area contributed by atoms with Crippen LogP contribution in [0.25, 0.3) is 5.69 Å². The van der Waals surface area contributed by atoms with Crippen LogP contribution in [0.2, 0.25) is 5.02 Å². The van der Waals surface area contributed by atoms with Gasteiger partial charge in [0, 0.05) is 32.7 Å². The van der Waals surface area contributed by atoms with Gasteiger partial charge in [0.15, 0.2) is 0 Å². The number of para-hydroxylation sites is 1. The summed E-state index contributed by atoms with van der Waals surface area (Å²) in [6.07, 6.45) is 1.64. The maximum Gasteiger partial charge on any atom is 0.292 e. The van der Waals surface area contributed by atoms with Gasteiger partial charge in [-0.05, 0) is 18.1 Å². The van der Waals surface area contributed by atoms with Gasteiger partial charge in [-0.2, -0.15) is 9.78 Å². The minimum Gasteiger partial charge on any atom is -0.366 e. The molecule has 8 heteroatoms. The molecule has 0 aliphatic carbocycles. The summed E-state index contributed by atoms with van der Waals surface area (Å²) < 4.78 is 1.31. The van der Waals surface area contributed by atoms with Crippen LogP contribution < -0.4 is 15.8 Å². The minimum absolute atomic E-state index is 0.0484. The van der Waals surface area contributed by atoms with Crippen LogP contribution in [0.4, 0.5) is 5.69 Å². The molecule has 1 saturated heterocycles. The summed E-state index contributed by atoms with van der Waals surface area (Å²) in [5, 5.41) is 7.40. The Morgan fingerprint density at radius 3 is 2.50 bits per heavy atom. The number of carbonyl (C=O) groups is 1. The third-order valence-corrected chi connectivity index (χ3v) is 5.04. The topological polar surface area (TPSA) is 70.5 Å². The highest BCUT2D eigenvalue weighted by Gasteiger charge is 2.22. The first kappa shape index (κ1) is 20.4. The van der Waals surface area contributed by atoms with Crippen LogP contribution in [0, 0.1) is 5.92 Å². The Kier molecular flexibility index (Phi) is 6.70. The van der Waals surface area contributed by atoms with Crippen LogP contribution >= 0.6 is 11.6 Å². The third-order valence-electron chi connectivity index (χ3n) is 4.69. The number of piperazine rings is 1. The lowest BCUT2D eigenvalue weighted by atomic mass is 10.2. The maximum absolute atomic E-state index is 12.6. The fourth-order valence-corrected chi connectivity index (χ4v) is 3.37. The van der Waals surface area contributed by atoms with Gasteiger partial charge in [-0.3, -0.25) is 14.5 Å². The molecule has 1 amide bonds. The van der Waals surface area contributed by atoms with Crippen LogP contribution in [0.5, 0.6) is 0 Å². The van der Waals surface area contributed by atoms with Gasteiger partial charge in [0.05, 0.1) is 24.1 Å². The third kappa shape index (κ3) is 4.91. The lowest BCUT2D eigenvalue weighted by Gasteiger charge is -2.35. The number of rotatable bonds is 6. The molecule has 0 unspecified atom stereocenters. The predicted molar refractivity (Wildman–Crippen MR) is 111 cm³/mol. The monoisotopic (exact) mass is 403 g/mol. The Morgan fingerprint density at radius 2 is 1.86 bits per heavy atom. The normalized spacial score (nSPS) is 15.1. The molecule has 1 aliphatic rings. The molecule has 2 heterocycles. The van der Waals surface area contributed by atoms with E-state index in [1.54, 1.807) is 6.20 Å². The quantitative estimate of drug-likeness (QED) is 0.796. The number of anilines is 1. The molecule has 0 spiro atoms. The van der Waals surface area contributed by atoms with Crippen molar-refractivity contribution in [2.24, 2.45) is 5.92 Å². The molecule has 0 bridgehead atoms. The van der Waals surface area contributed by atoms with E-state index in [-0.39, 0.29) is 16.5 Å². The fourth-order valence-electron chi connectivity index (χ4n) is 3.12. The van der Waals surface area contributed by atoms with E-state index in [9.17, 15) is 9.59 Å². The van der Waals surface area contributed by atoms with Crippen molar-refractivity contribution in [3.05, 3.63) is 51.9 Å². The second-order valence-corrected chi connectivity index (χ2v) is 7.74. The molecule has 1 aromatic carbocycles. The molecule has 150 valence electrons. The van der Waals surface area contributed by atoms with Crippen molar-refractivity contribution in [1.82, 2.24) is 20.0 Å². The Labute approximate surface area is 169 Å². The summed E-state index contributed by atoms with van der Waals surface area (Å²) in [4.78, 5) is 28.8. The van der Waals surface area contributed by atoms with Crippen molar-refractivity contribution in [2.75, 3.05) is 44.2 Å². The first-order chi connectivity index (χ1) is 13.5. The van der Waals surface area contributed by atoms with Crippen molar-refractivity contribution in [3.8, 4) is 5.69 Å². The molecule has 0 radical (unpaired) electrons. The average molecular weight is 404 g/mol. The van der Waals surface area contributed by atoms with E-state index in [2.05, 4.69) is 34.1 Å². The summed E-state index contributed by atoms with van der Waals surface area (Å²) in [5.41, 5.74) is 0.988. The van der Waals surface area contributed by atoms with Crippen LogP contribution in [0.3, 0.4) is 0 Å². The molecule has 28 heavy (non-hydrogen) atoms. The van der Waals surface area contributed by atoms with Crippen molar-refractivity contribution in [1.29, 1.82) is 0 Å². The molecular formula is C20H26ClN5O2. The molecule has 2 aromatic rings. The highest BCUT2D eigenvalue weighted by atomic mass is 35.5. The fraction of sp³-hybridized carbons (Fsp3) is 0.450. The minimum atomic E-state index is -0.333. The summed E-state index contributed by atoms with van der Waals surface area (Å²) in [6, 6.07) is 9.21. The van der Waals surface area contributed by atoms with E-state index in [4.69, 9.17) is 11.6 Å². The van der Waals surface area contributed by atoms with Crippen molar-refractivity contribution in [2.45, 2.75) is 13.8 Å². The zero-order valence-electron chi connectivity index (χ0n) is 16.3. The van der Waals surface area contributed by atoms with E-state index >= 15 is 0 Å². The number of carbonyl (C=O) groups excluding carboxylic acids is 1. The van der Waals surface area contributed by atoms with Crippen molar-refractivity contribution >= 4 is 23.2 Å². The molecule has 1 N–H and O–H groups in total. The predicted octanol–water partition coefficient (Wildman–Crippen LogP) is 1.78. The smallest absolute Gasteiger partial charge is 0.292 e. The Morgan fingerprint density at radius 1 is 1.18 bits per heavy atom. The highest BCUT2D eigenvalue weighted by molar-refractivity contribution is 6.33. The van der Waals surface area contributed by atoms with Gasteiger partial charge in [-0.1, -0.05) is 43.6 Å². The Hall–Kier alpha value is -2.38. The number of halogens is 1. The summed E-state index contributed by atoms with van der Waals surface area (Å²) in [5.74, 6) is 0.487. The number of aromatic nitrogens is 2. The second kappa shape index (κ2) is 9.21. The Bertz CT molecular complexity index is 861. The molecule has 0 saturated carbocycles. The molecule has 1 aromatic heterocycles. The van der Waals surface area contributed by atoms with Gasteiger partial charge in [0.1, 0.15) is 5.02 Å². The average Bonchev–Trinajstić information content (AvgIpc) is 2.70. The molecule has 3 rings (SSSR count). The molecular weight excluding hydrogens is 378 g/mol. The van der Waals surface area contributed by atoms with E-state index in [1.165, 1.54) is 4.68 Å². The second-order valence-electron chi connectivity index (χ2n) is 7.36. The summed E-state index contributed by atoms with van der Waals surface area (Å²) in [6.45, 7) is 8.06. The van der Waals surface area contributed by atoms with E-state index in [0.29, 0.717) is 43.5 Å². The molecule has 0 atom stereocenters. The lowest BCUT2D eigenvalue weighted by Crippen LogP contribution is -2.50. The van der Waals surface area contributed by atoms with Gasteiger partial charge >= 0.3 is 0 Å². The van der Waals surface area contributed by atoms with Gasteiger partial charge < -0.3 is 10.2 Å². The van der Waals surface area contributed by atoms with E-state index in [0.717, 1.165) is 13.1 Å². The van der Waals surface area contributed by atoms with Crippen LogP contribution in [0.1, 0.15) is 13.8 Å². The zero-order valence-corrected chi connectivity index (χ0v) is 17.0. The first-order valence-corrected chi connectivity index (χ1v) is 9.90. The number of benzene rings is 1. The number of hydrogen-bond acceptors (Lipinski definition) is 5. The van der Waals surface area contributed by atoms with Crippen LogP contribution in [-0.2, 0) is 4.79 Å². The lowest BCUT2D eigenvalue weighted by molar-refractivity contribution is -0.122. The number of nitrogens with one attached hydrogen (secondary N) is 1. The van der Waals surface area contributed by atoms with Gasteiger partial charge in [0.2, 0.25) is 5.91 Å². The first-order valence-electron chi connectivity index (χ1n) is 9.53. The molecule has 1 aliphatic heterocycles. The maximum atomic E-state index is 12.6. The highest BCUT2D eigenvalue weighted by Crippen LogP contribution is 2.23. The SMILES string of the molecule is CC(C)CNC(=O)CN1CCN(c2cnn(-c3ccccc3)c(=O)c2Cl)CC1. The number of hydrogen-bond donors (Lipinski definition) is 1. The number of amides is 1. The van der Waals surface area contributed by atoms with Gasteiger partial charge in [-0.15, -0.1) is 0 Å². The van der Waals surface area contributed by atoms with Gasteiger partial charge in [-0.25, -0.2) is 0 Å². The summed E-state index contributed by atoms with van der Waals surface area (Å²) >= 11 is 6.38. The van der Waals surface area contributed by atoms with Crippen LogP contribution in [0.15, 0.2) is 41.3 Å². The number of nitrogens with zero attached hydrogens (tertiary/aromatic N) is 4. The zero-order chi connectivity index (χ0) is 20.1.